The van der Waals surface area contributed by atoms with E-state index in [0.29, 0.717) is 5.82 Å². The molecule has 0 aliphatic carbocycles. The summed E-state index contributed by atoms with van der Waals surface area (Å²) in [4.78, 5) is 20.2. The Bertz CT molecular complexity index is 674. The van der Waals surface area contributed by atoms with Crippen LogP contribution in [0.25, 0.3) is 11.4 Å². The summed E-state index contributed by atoms with van der Waals surface area (Å²) in [7, 11) is 0. The summed E-state index contributed by atoms with van der Waals surface area (Å²) < 4.78 is 1.89. The third kappa shape index (κ3) is 2.17. The van der Waals surface area contributed by atoms with Crippen LogP contribution in [0.1, 0.15) is 38.1 Å². The Labute approximate surface area is 117 Å². The maximum atomic E-state index is 11.1. The zero-order valence-corrected chi connectivity index (χ0v) is 11.8. The minimum absolute atomic E-state index is 0.119. The monoisotopic (exact) mass is 271 g/mol. The normalized spacial score (nSPS) is 13.0. The Balaban J connectivity index is 2.06. The van der Waals surface area contributed by atoms with Crippen LogP contribution in [-0.4, -0.2) is 25.7 Å². The summed E-state index contributed by atoms with van der Waals surface area (Å²) in [5, 5.41) is 7.10. The molecule has 0 saturated carbocycles. The van der Waals surface area contributed by atoms with E-state index in [0.717, 1.165) is 35.7 Å². The molecule has 3 rings (SSSR count). The van der Waals surface area contributed by atoms with Crippen molar-refractivity contribution in [3.63, 3.8) is 0 Å². The SMILES string of the molecule is CC(=O)Nc1cc2n(n1)CCc1cnc(C(C)C)nc1-2. The molecule has 0 atom stereocenters. The Morgan fingerprint density at radius 2 is 2.25 bits per heavy atom. The highest BCUT2D eigenvalue weighted by atomic mass is 16.1. The third-order valence-corrected chi connectivity index (χ3v) is 3.32. The second kappa shape index (κ2) is 4.70. The molecule has 104 valence electrons. The van der Waals surface area contributed by atoms with E-state index in [1.807, 2.05) is 16.9 Å². The lowest BCUT2D eigenvalue weighted by Crippen LogP contribution is -2.15. The molecule has 0 unspecified atom stereocenters. The maximum Gasteiger partial charge on any atom is 0.222 e. The zero-order valence-electron chi connectivity index (χ0n) is 11.8. The summed E-state index contributed by atoms with van der Waals surface area (Å²) >= 11 is 0. The van der Waals surface area contributed by atoms with Crippen LogP contribution >= 0.6 is 0 Å². The Morgan fingerprint density at radius 3 is 2.95 bits per heavy atom. The van der Waals surface area contributed by atoms with Gasteiger partial charge in [0.15, 0.2) is 5.82 Å². The van der Waals surface area contributed by atoms with Crippen LogP contribution in [-0.2, 0) is 17.8 Å². The fourth-order valence-corrected chi connectivity index (χ4v) is 2.35. The van der Waals surface area contributed by atoms with Gasteiger partial charge in [0.2, 0.25) is 5.91 Å². The Hall–Kier alpha value is -2.24. The first-order chi connectivity index (χ1) is 9.54. The smallest absolute Gasteiger partial charge is 0.222 e. The molecule has 6 nitrogen and oxygen atoms in total. The molecule has 20 heavy (non-hydrogen) atoms. The van der Waals surface area contributed by atoms with Crippen LogP contribution in [0.15, 0.2) is 12.3 Å². The first kappa shape index (κ1) is 12.8. The third-order valence-electron chi connectivity index (χ3n) is 3.32. The fraction of sp³-hybridized carbons (Fsp3) is 0.429. The molecule has 0 bridgehead atoms. The molecule has 0 spiro atoms. The van der Waals surface area contributed by atoms with Crippen molar-refractivity contribution in [1.29, 1.82) is 0 Å². The second-order valence-corrected chi connectivity index (χ2v) is 5.33. The number of rotatable bonds is 2. The van der Waals surface area contributed by atoms with Gasteiger partial charge in [-0.3, -0.25) is 9.48 Å². The minimum Gasteiger partial charge on any atom is -0.309 e. The number of hydrogen-bond donors (Lipinski definition) is 1. The maximum absolute atomic E-state index is 11.1. The van der Waals surface area contributed by atoms with Crippen molar-refractivity contribution in [2.45, 2.75) is 39.7 Å². The number of aromatic nitrogens is 4. The van der Waals surface area contributed by atoms with Gasteiger partial charge in [-0.25, -0.2) is 9.97 Å². The number of fused-ring (bicyclic) bond motifs is 3. The number of nitrogens with one attached hydrogen (secondary N) is 1. The van der Waals surface area contributed by atoms with Gasteiger partial charge in [0, 0.05) is 37.2 Å². The molecular formula is C14H17N5O. The Kier molecular flexibility index (Phi) is 3.00. The number of anilines is 1. The number of carbonyl (C=O) groups excluding carboxylic acids is 1. The number of hydrogen-bond acceptors (Lipinski definition) is 4. The molecule has 0 aromatic carbocycles. The quantitative estimate of drug-likeness (QED) is 0.906. The van der Waals surface area contributed by atoms with Gasteiger partial charge in [0.05, 0.1) is 11.4 Å². The lowest BCUT2D eigenvalue weighted by molar-refractivity contribution is -0.114. The summed E-state index contributed by atoms with van der Waals surface area (Å²) in [5.41, 5.74) is 3.01. The van der Waals surface area contributed by atoms with Crippen molar-refractivity contribution in [2.75, 3.05) is 5.32 Å². The van der Waals surface area contributed by atoms with Crippen LogP contribution in [0.4, 0.5) is 5.82 Å². The molecule has 1 amide bonds. The van der Waals surface area contributed by atoms with Gasteiger partial charge in [-0.1, -0.05) is 13.8 Å². The molecule has 1 aliphatic rings. The lowest BCUT2D eigenvalue weighted by atomic mass is 10.1. The molecule has 6 heteroatoms. The highest BCUT2D eigenvalue weighted by molar-refractivity contribution is 5.88. The van der Waals surface area contributed by atoms with Gasteiger partial charge >= 0.3 is 0 Å². The standard InChI is InChI=1S/C14H17N5O/c1-8(2)14-15-7-10-4-5-19-11(13(10)17-14)6-12(18-19)16-9(3)20/h6-8H,4-5H2,1-3H3,(H,16,18,20). The van der Waals surface area contributed by atoms with Gasteiger partial charge in [-0.2, -0.15) is 5.10 Å². The van der Waals surface area contributed by atoms with E-state index < -0.39 is 0 Å². The topological polar surface area (TPSA) is 72.7 Å². The number of amides is 1. The predicted molar refractivity (Wildman–Crippen MR) is 75.3 cm³/mol. The number of nitrogens with zero attached hydrogens (tertiary/aromatic N) is 4. The molecule has 2 aromatic heterocycles. The molecule has 1 aliphatic heterocycles. The molecular weight excluding hydrogens is 254 g/mol. The average Bonchev–Trinajstić information content (AvgIpc) is 2.79. The van der Waals surface area contributed by atoms with Gasteiger partial charge < -0.3 is 5.32 Å². The van der Waals surface area contributed by atoms with E-state index in [4.69, 9.17) is 0 Å². The molecule has 0 saturated heterocycles. The van der Waals surface area contributed by atoms with E-state index in [-0.39, 0.29) is 11.8 Å². The lowest BCUT2D eigenvalue weighted by Gasteiger charge is -2.17. The van der Waals surface area contributed by atoms with E-state index in [9.17, 15) is 4.79 Å². The molecule has 0 radical (unpaired) electrons. The van der Waals surface area contributed by atoms with Crippen LogP contribution in [0.5, 0.6) is 0 Å². The van der Waals surface area contributed by atoms with Gasteiger partial charge in [-0.05, 0) is 6.42 Å². The molecule has 2 aromatic rings. The van der Waals surface area contributed by atoms with Crippen molar-refractivity contribution in [1.82, 2.24) is 19.7 Å². The number of carbonyl (C=O) groups is 1. The summed E-state index contributed by atoms with van der Waals surface area (Å²) in [6, 6.07) is 1.87. The number of aryl methyl sites for hydroxylation is 2. The Morgan fingerprint density at radius 1 is 1.45 bits per heavy atom. The van der Waals surface area contributed by atoms with Crippen LogP contribution in [0.2, 0.25) is 0 Å². The first-order valence-electron chi connectivity index (χ1n) is 6.76. The van der Waals surface area contributed by atoms with E-state index >= 15 is 0 Å². The van der Waals surface area contributed by atoms with Crippen LogP contribution < -0.4 is 5.32 Å². The van der Waals surface area contributed by atoms with Crippen molar-refractivity contribution in [3.8, 4) is 11.4 Å². The van der Waals surface area contributed by atoms with Crippen molar-refractivity contribution in [2.24, 2.45) is 0 Å². The highest BCUT2D eigenvalue weighted by Gasteiger charge is 2.21. The molecule has 0 fully saturated rings. The van der Waals surface area contributed by atoms with Crippen LogP contribution in [0, 0.1) is 0 Å². The van der Waals surface area contributed by atoms with Crippen molar-refractivity contribution >= 4 is 11.7 Å². The van der Waals surface area contributed by atoms with Gasteiger partial charge in [-0.15, -0.1) is 0 Å². The van der Waals surface area contributed by atoms with Crippen molar-refractivity contribution in [3.05, 3.63) is 23.7 Å². The minimum atomic E-state index is -0.119. The largest absolute Gasteiger partial charge is 0.309 e. The summed E-state index contributed by atoms with van der Waals surface area (Å²) in [5.74, 6) is 1.57. The van der Waals surface area contributed by atoms with Gasteiger partial charge in [0.25, 0.3) is 0 Å². The molecule has 1 N–H and O–H groups in total. The zero-order chi connectivity index (χ0) is 14.3. The first-order valence-corrected chi connectivity index (χ1v) is 6.76. The van der Waals surface area contributed by atoms with E-state index in [2.05, 4.69) is 34.2 Å². The predicted octanol–water partition coefficient (Wildman–Crippen LogP) is 1.98. The van der Waals surface area contributed by atoms with Crippen molar-refractivity contribution < 1.29 is 4.79 Å². The second-order valence-electron chi connectivity index (χ2n) is 5.33. The van der Waals surface area contributed by atoms with E-state index in [1.54, 1.807) is 0 Å². The van der Waals surface area contributed by atoms with E-state index in [1.165, 1.54) is 6.92 Å². The molecule has 3 heterocycles. The van der Waals surface area contributed by atoms with Gasteiger partial charge in [0.1, 0.15) is 5.82 Å². The summed E-state index contributed by atoms with van der Waals surface area (Å²) in [6.07, 6.45) is 2.77. The summed E-state index contributed by atoms with van der Waals surface area (Å²) in [6.45, 7) is 6.41. The van der Waals surface area contributed by atoms with Crippen LogP contribution in [0.3, 0.4) is 0 Å². The fourth-order valence-electron chi connectivity index (χ4n) is 2.35. The highest BCUT2D eigenvalue weighted by Crippen LogP contribution is 2.29. The average molecular weight is 271 g/mol.